The van der Waals surface area contributed by atoms with Gasteiger partial charge in [-0.15, -0.1) is 0 Å². The summed E-state index contributed by atoms with van der Waals surface area (Å²) in [6.07, 6.45) is 1.06. The molecule has 0 bridgehead atoms. The molecule has 0 amide bonds. The van der Waals surface area contributed by atoms with Crippen LogP contribution >= 0.6 is 0 Å². The lowest BCUT2D eigenvalue weighted by Crippen LogP contribution is -1.87. The van der Waals surface area contributed by atoms with Crippen molar-refractivity contribution in [1.82, 2.24) is 0 Å². The highest BCUT2D eigenvalue weighted by molar-refractivity contribution is 6.18. The van der Waals surface area contributed by atoms with Crippen molar-refractivity contribution in [2.24, 2.45) is 0 Å². The molecule has 0 N–H and O–H groups in total. The second-order valence-electron chi connectivity index (χ2n) is 6.52. The van der Waals surface area contributed by atoms with Crippen molar-refractivity contribution >= 4 is 43.1 Å². The normalized spacial score (nSPS) is 11.7. The third kappa shape index (κ3) is 1.86. The van der Waals surface area contributed by atoms with E-state index in [0.29, 0.717) is 0 Å². The summed E-state index contributed by atoms with van der Waals surface area (Å²) in [4.78, 5) is 0. The molecular formula is C24H18. The molecular weight excluding hydrogens is 288 g/mol. The largest absolute Gasteiger partial charge is 0.0616 e. The third-order valence-corrected chi connectivity index (χ3v) is 5.19. The van der Waals surface area contributed by atoms with Crippen molar-refractivity contribution in [3.8, 4) is 0 Å². The third-order valence-electron chi connectivity index (χ3n) is 5.19. The van der Waals surface area contributed by atoms with Gasteiger partial charge in [0.05, 0.1) is 0 Å². The molecule has 0 nitrogen and oxygen atoms in total. The Morgan fingerprint density at radius 2 is 1.17 bits per heavy atom. The standard InChI is InChI=1S/C24H18/c1-2-16-13-19-14-18-12-11-17-7-3-4-9-21(17)23(18)15-24(19)22-10-6-5-8-20(16)22/h3-15H,2H2,1H3. The average Bonchev–Trinajstić information content (AvgIpc) is 2.66. The second-order valence-corrected chi connectivity index (χ2v) is 6.52. The summed E-state index contributed by atoms with van der Waals surface area (Å²) in [7, 11) is 0. The molecule has 0 aliphatic heterocycles. The molecule has 0 heterocycles. The highest BCUT2D eigenvalue weighted by Crippen LogP contribution is 2.34. The first kappa shape index (κ1) is 13.6. The number of fused-ring (bicyclic) bond motifs is 6. The van der Waals surface area contributed by atoms with Crippen LogP contribution in [-0.4, -0.2) is 0 Å². The maximum Gasteiger partial charge on any atom is -0.00986 e. The van der Waals surface area contributed by atoms with Crippen LogP contribution in [0.15, 0.2) is 78.9 Å². The van der Waals surface area contributed by atoms with Crippen molar-refractivity contribution in [2.45, 2.75) is 13.3 Å². The lowest BCUT2D eigenvalue weighted by Gasteiger charge is -2.12. The van der Waals surface area contributed by atoms with E-state index >= 15 is 0 Å². The molecule has 0 heteroatoms. The van der Waals surface area contributed by atoms with Crippen LogP contribution in [0.2, 0.25) is 0 Å². The van der Waals surface area contributed by atoms with E-state index < -0.39 is 0 Å². The first-order valence-corrected chi connectivity index (χ1v) is 8.61. The van der Waals surface area contributed by atoms with E-state index in [2.05, 4.69) is 85.8 Å². The summed E-state index contributed by atoms with van der Waals surface area (Å²) in [5.41, 5.74) is 1.43. The van der Waals surface area contributed by atoms with Crippen LogP contribution in [0.4, 0.5) is 0 Å². The van der Waals surface area contributed by atoms with Gasteiger partial charge in [0.1, 0.15) is 0 Å². The van der Waals surface area contributed by atoms with Gasteiger partial charge in [0, 0.05) is 0 Å². The van der Waals surface area contributed by atoms with E-state index in [1.165, 1.54) is 48.7 Å². The van der Waals surface area contributed by atoms with Crippen molar-refractivity contribution in [3.05, 3.63) is 84.4 Å². The van der Waals surface area contributed by atoms with Crippen LogP contribution in [0.1, 0.15) is 12.5 Å². The van der Waals surface area contributed by atoms with E-state index in [4.69, 9.17) is 0 Å². The summed E-state index contributed by atoms with van der Waals surface area (Å²) in [6, 6.07) is 29.0. The van der Waals surface area contributed by atoms with Crippen LogP contribution in [0.25, 0.3) is 43.1 Å². The number of hydrogen-bond acceptors (Lipinski definition) is 0. The quantitative estimate of drug-likeness (QED) is 0.234. The zero-order chi connectivity index (χ0) is 16.1. The van der Waals surface area contributed by atoms with Gasteiger partial charge >= 0.3 is 0 Å². The van der Waals surface area contributed by atoms with Gasteiger partial charge in [-0.3, -0.25) is 0 Å². The average molecular weight is 306 g/mol. The molecule has 0 fully saturated rings. The maximum atomic E-state index is 2.38. The zero-order valence-electron chi connectivity index (χ0n) is 13.7. The van der Waals surface area contributed by atoms with Gasteiger partial charge in [0.2, 0.25) is 0 Å². The van der Waals surface area contributed by atoms with Crippen molar-refractivity contribution < 1.29 is 0 Å². The van der Waals surface area contributed by atoms with Gasteiger partial charge < -0.3 is 0 Å². The number of aryl methyl sites for hydroxylation is 1. The molecule has 5 aromatic carbocycles. The fourth-order valence-corrected chi connectivity index (χ4v) is 3.98. The summed E-state index contributed by atoms with van der Waals surface area (Å²) >= 11 is 0. The molecule has 0 saturated carbocycles. The summed E-state index contributed by atoms with van der Waals surface area (Å²) in [5, 5.41) is 10.7. The Morgan fingerprint density at radius 1 is 0.500 bits per heavy atom. The molecule has 0 spiro atoms. The fraction of sp³-hybridized carbons (Fsp3) is 0.0833. The molecule has 0 unspecified atom stereocenters. The van der Waals surface area contributed by atoms with E-state index in [0.717, 1.165) is 6.42 Å². The molecule has 0 aromatic heterocycles. The van der Waals surface area contributed by atoms with E-state index in [-0.39, 0.29) is 0 Å². The number of benzene rings is 5. The summed E-state index contributed by atoms with van der Waals surface area (Å²) in [5.74, 6) is 0. The first-order chi connectivity index (χ1) is 11.8. The van der Waals surface area contributed by atoms with E-state index in [1.807, 2.05) is 0 Å². The van der Waals surface area contributed by atoms with Gasteiger partial charge in [-0.2, -0.15) is 0 Å². The summed E-state index contributed by atoms with van der Waals surface area (Å²) in [6.45, 7) is 2.24. The topological polar surface area (TPSA) is 0 Å². The molecule has 0 aliphatic carbocycles. The van der Waals surface area contributed by atoms with Crippen LogP contribution in [0.3, 0.4) is 0 Å². The van der Waals surface area contributed by atoms with Crippen LogP contribution < -0.4 is 0 Å². The van der Waals surface area contributed by atoms with E-state index in [1.54, 1.807) is 0 Å². The Bertz CT molecular complexity index is 1230. The van der Waals surface area contributed by atoms with Gasteiger partial charge in [0.15, 0.2) is 0 Å². The second kappa shape index (κ2) is 5.07. The van der Waals surface area contributed by atoms with Gasteiger partial charge in [-0.25, -0.2) is 0 Å². The zero-order valence-corrected chi connectivity index (χ0v) is 13.7. The lowest BCUT2D eigenvalue weighted by atomic mass is 9.92. The molecule has 114 valence electrons. The van der Waals surface area contributed by atoms with Crippen molar-refractivity contribution in [1.29, 1.82) is 0 Å². The smallest absolute Gasteiger partial charge is 0.00986 e. The Balaban J connectivity index is 2.03. The molecule has 5 aromatic rings. The molecule has 0 radical (unpaired) electrons. The Hall–Kier alpha value is -2.86. The van der Waals surface area contributed by atoms with Crippen LogP contribution in [-0.2, 0) is 6.42 Å². The minimum absolute atomic E-state index is 1.06. The minimum atomic E-state index is 1.06. The molecule has 0 saturated heterocycles. The van der Waals surface area contributed by atoms with Crippen LogP contribution in [0, 0.1) is 0 Å². The Kier molecular flexibility index (Phi) is 2.87. The molecule has 5 rings (SSSR count). The summed E-state index contributed by atoms with van der Waals surface area (Å²) < 4.78 is 0. The Labute approximate surface area is 141 Å². The lowest BCUT2D eigenvalue weighted by molar-refractivity contribution is 1.16. The van der Waals surface area contributed by atoms with Gasteiger partial charge in [0.25, 0.3) is 0 Å². The highest BCUT2D eigenvalue weighted by Gasteiger charge is 2.08. The van der Waals surface area contributed by atoms with Crippen LogP contribution in [0.5, 0.6) is 0 Å². The SMILES string of the molecule is CCc1cc2cc3ccc4ccccc4c3cc2c2ccccc12. The van der Waals surface area contributed by atoms with Crippen molar-refractivity contribution in [3.63, 3.8) is 0 Å². The van der Waals surface area contributed by atoms with Gasteiger partial charge in [-0.1, -0.05) is 73.7 Å². The molecule has 24 heavy (non-hydrogen) atoms. The van der Waals surface area contributed by atoms with Gasteiger partial charge in [-0.05, 0) is 67.2 Å². The van der Waals surface area contributed by atoms with E-state index in [9.17, 15) is 0 Å². The molecule has 0 aliphatic rings. The Morgan fingerprint density at radius 3 is 2.00 bits per heavy atom. The number of hydrogen-bond donors (Lipinski definition) is 0. The number of rotatable bonds is 1. The monoisotopic (exact) mass is 306 g/mol. The maximum absolute atomic E-state index is 2.38. The predicted octanol–water partition coefficient (Wildman–Crippen LogP) is 6.86. The predicted molar refractivity (Wildman–Crippen MR) is 106 cm³/mol. The minimum Gasteiger partial charge on any atom is -0.0616 e. The highest BCUT2D eigenvalue weighted by atomic mass is 14.1. The first-order valence-electron chi connectivity index (χ1n) is 8.61. The fourth-order valence-electron chi connectivity index (χ4n) is 3.98. The molecule has 0 atom stereocenters. The van der Waals surface area contributed by atoms with Crippen molar-refractivity contribution in [2.75, 3.05) is 0 Å².